The van der Waals surface area contributed by atoms with Gasteiger partial charge in [0.25, 0.3) is 11.1 Å². The molecule has 0 saturated carbocycles. The number of hydrogen-bond acceptors (Lipinski definition) is 4. The lowest BCUT2D eigenvalue weighted by Gasteiger charge is -2.07. The van der Waals surface area contributed by atoms with Crippen LogP contribution in [-0.2, 0) is 4.79 Å². The first kappa shape index (κ1) is 13.7. The van der Waals surface area contributed by atoms with Crippen LogP contribution in [0.5, 0.6) is 5.75 Å². The molecule has 1 aliphatic rings. The Morgan fingerprint density at radius 2 is 1.89 bits per heavy atom. The zero-order valence-electron chi connectivity index (χ0n) is 10.9. The number of benzene rings is 1. The number of nitrogens with zero attached hydrogens (tertiary/aromatic N) is 1. The first-order valence-corrected chi connectivity index (χ1v) is 6.95. The van der Waals surface area contributed by atoms with Gasteiger partial charge in [0, 0.05) is 6.54 Å². The van der Waals surface area contributed by atoms with E-state index in [1.165, 1.54) is 4.90 Å². The molecule has 0 aromatic heterocycles. The Morgan fingerprint density at radius 3 is 2.42 bits per heavy atom. The summed E-state index contributed by atoms with van der Waals surface area (Å²) in [7, 11) is 0. The summed E-state index contributed by atoms with van der Waals surface area (Å²) in [6.07, 6.45) is 1.73. The fraction of sp³-hybridized carbons (Fsp3) is 0.286. The molecule has 0 bridgehead atoms. The summed E-state index contributed by atoms with van der Waals surface area (Å²) >= 11 is 0.983. The topological polar surface area (TPSA) is 46.6 Å². The second-order valence-electron chi connectivity index (χ2n) is 3.93. The van der Waals surface area contributed by atoms with Crippen LogP contribution in [0.3, 0.4) is 0 Å². The summed E-state index contributed by atoms with van der Waals surface area (Å²) in [4.78, 5) is 25.2. The van der Waals surface area contributed by atoms with Gasteiger partial charge in [-0.3, -0.25) is 14.5 Å². The second kappa shape index (κ2) is 5.93. The van der Waals surface area contributed by atoms with Crippen molar-refractivity contribution in [2.24, 2.45) is 0 Å². The lowest BCUT2D eigenvalue weighted by molar-refractivity contribution is -0.122. The van der Waals surface area contributed by atoms with Gasteiger partial charge in [0.1, 0.15) is 5.75 Å². The van der Waals surface area contributed by atoms with Gasteiger partial charge in [0.15, 0.2) is 0 Å². The van der Waals surface area contributed by atoms with E-state index in [0.29, 0.717) is 18.1 Å². The highest BCUT2D eigenvalue weighted by atomic mass is 32.2. The Kier molecular flexibility index (Phi) is 4.27. The van der Waals surface area contributed by atoms with Crippen LogP contribution in [0.15, 0.2) is 29.2 Å². The van der Waals surface area contributed by atoms with Crippen LogP contribution in [0.2, 0.25) is 0 Å². The van der Waals surface area contributed by atoms with Gasteiger partial charge in [0.05, 0.1) is 11.5 Å². The molecule has 1 heterocycles. The summed E-state index contributed by atoms with van der Waals surface area (Å²) in [5.41, 5.74) is 0.880. The number of ether oxygens (including phenoxy) is 1. The van der Waals surface area contributed by atoms with Crippen molar-refractivity contribution in [3.05, 3.63) is 34.7 Å². The predicted octanol–water partition coefficient (Wildman–Crippen LogP) is 3.14. The lowest BCUT2D eigenvalue weighted by atomic mass is 10.2. The van der Waals surface area contributed by atoms with Crippen LogP contribution < -0.4 is 4.74 Å². The van der Waals surface area contributed by atoms with Gasteiger partial charge in [-0.15, -0.1) is 0 Å². The minimum atomic E-state index is -0.216. The molecular formula is C14H15NO3S. The molecule has 1 aliphatic heterocycles. The van der Waals surface area contributed by atoms with Crippen molar-refractivity contribution >= 4 is 29.0 Å². The minimum absolute atomic E-state index is 0.204. The highest BCUT2D eigenvalue weighted by Crippen LogP contribution is 2.32. The van der Waals surface area contributed by atoms with Gasteiger partial charge < -0.3 is 4.74 Å². The second-order valence-corrected chi connectivity index (χ2v) is 4.92. The Labute approximate surface area is 116 Å². The highest BCUT2D eigenvalue weighted by Gasteiger charge is 2.33. The summed E-state index contributed by atoms with van der Waals surface area (Å²) in [6, 6.07) is 7.43. The number of likely N-dealkylation sites (N-methyl/N-ethyl adjacent to an activating group) is 1. The smallest absolute Gasteiger partial charge is 0.293 e. The third-order valence-electron chi connectivity index (χ3n) is 2.68. The average molecular weight is 277 g/mol. The average Bonchev–Trinajstić information content (AvgIpc) is 2.67. The molecule has 5 heteroatoms. The maximum absolute atomic E-state index is 11.9. The number of amides is 2. The first-order valence-electron chi connectivity index (χ1n) is 6.14. The van der Waals surface area contributed by atoms with E-state index in [1.807, 2.05) is 31.2 Å². The molecule has 0 unspecified atom stereocenters. The molecular weight excluding hydrogens is 262 g/mol. The largest absolute Gasteiger partial charge is 0.494 e. The predicted molar refractivity (Wildman–Crippen MR) is 76.0 cm³/mol. The highest BCUT2D eigenvalue weighted by molar-refractivity contribution is 8.18. The Hall–Kier alpha value is -1.75. The van der Waals surface area contributed by atoms with Gasteiger partial charge in [-0.1, -0.05) is 12.1 Å². The Bertz CT molecular complexity index is 522. The van der Waals surface area contributed by atoms with Gasteiger partial charge in [0.2, 0.25) is 0 Å². The van der Waals surface area contributed by atoms with Crippen LogP contribution in [0.4, 0.5) is 4.79 Å². The third kappa shape index (κ3) is 2.98. The molecule has 2 rings (SSSR count). The SMILES string of the molecule is CCOc1ccc(C=C2SC(=O)N(CC)C2=O)cc1. The molecule has 2 amide bonds. The van der Waals surface area contributed by atoms with Gasteiger partial charge >= 0.3 is 0 Å². The van der Waals surface area contributed by atoms with Crippen molar-refractivity contribution in [3.8, 4) is 5.75 Å². The van der Waals surface area contributed by atoms with Crippen molar-refractivity contribution < 1.29 is 14.3 Å². The van der Waals surface area contributed by atoms with Crippen LogP contribution in [0.25, 0.3) is 6.08 Å². The normalized spacial score (nSPS) is 17.4. The standard InChI is InChI=1S/C14H15NO3S/c1-3-15-13(16)12(19-14(15)17)9-10-5-7-11(8-6-10)18-4-2/h5-9H,3-4H2,1-2H3. The minimum Gasteiger partial charge on any atom is -0.494 e. The number of rotatable bonds is 4. The van der Waals surface area contributed by atoms with Crippen LogP contribution in [0.1, 0.15) is 19.4 Å². The Morgan fingerprint density at radius 1 is 1.21 bits per heavy atom. The number of thioether (sulfide) groups is 1. The van der Waals surface area contributed by atoms with E-state index in [1.54, 1.807) is 13.0 Å². The fourth-order valence-corrected chi connectivity index (χ4v) is 2.65. The van der Waals surface area contributed by atoms with Crippen molar-refractivity contribution in [2.45, 2.75) is 13.8 Å². The summed E-state index contributed by atoms with van der Waals surface area (Å²) in [5, 5.41) is -0.204. The molecule has 4 nitrogen and oxygen atoms in total. The van der Waals surface area contributed by atoms with Crippen LogP contribution in [0, 0.1) is 0 Å². The maximum atomic E-state index is 11.9. The van der Waals surface area contributed by atoms with Gasteiger partial charge in [-0.05, 0) is 49.4 Å². The number of hydrogen-bond donors (Lipinski definition) is 0. The van der Waals surface area contributed by atoms with E-state index < -0.39 is 0 Å². The number of imide groups is 1. The van der Waals surface area contributed by atoms with E-state index in [9.17, 15) is 9.59 Å². The molecule has 0 N–H and O–H groups in total. The Balaban J connectivity index is 2.18. The molecule has 0 spiro atoms. The summed E-state index contributed by atoms with van der Waals surface area (Å²) < 4.78 is 5.35. The van der Waals surface area contributed by atoms with Crippen molar-refractivity contribution in [1.29, 1.82) is 0 Å². The van der Waals surface area contributed by atoms with Crippen molar-refractivity contribution in [1.82, 2.24) is 4.90 Å². The molecule has 0 radical (unpaired) electrons. The number of carbonyl (C=O) groups excluding carboxylic acids is 2. The number of carbonyl (C=O) groups is 2. The van der Waals surface area contributed by atoms with Crippen LogP contribution in [-0.4, -0.2) is 29.2 Å². The van der Waals surface area contributed by atoms with E-state index in [-0.39, 0.29) is 11.1 Å². The molecule has 1 saturated heterocycles. The van der Waals surface area contributed by atoms with E-state index in [0.717, 1.165) is 23.1 Å². The first-order chi connectivity index (χ1) is 9.15. The molecule has 1 aromatic carbocycles. The monoisotopic (exact) mass is 277 g/mol. The third-order valence-corrected chi connectivity index (χ3v) is 3.59. The van der Waals surface area contributed by atoms with Crippen LogP contribution >= 0.6 is 11.8 Å². The van der Waals surface area contributed by atoms with E-state index >= 15 is 0 Å². The molecule has 0 atom stereocenters. The summed E-state index contributed by atoms with van der Waals surface area (Å²) in [6.45, 7) is 4.74. The van der Waals surface area contributed by atoms with Gasteiger partial charge in [-0.25, -0.2) is 0 Å². The van der Waals surface area contributed by atoms with E-state index in [2.05, 4.69) is 0 Å². The van der Waals surface area contributed by atoms with E-state index in [4.69, 9.17) is 4.74 Å². The van der Waals surface area contributed by atoms with Gasteiger partial charge in [-0.2, -0.15) is 0 Å². The zero-order valence-corrected chi connectivity index (χ0v) is 11.7. The molecule has 1 fully saturated rings. The zero-order chi connectivity index (χ0) is 13.8. The molecule has 1 aromatic rings. The molecule has 100 valence electrons. The fourth-order valence-electron chi connectivity index (χ4n) is 1.75. The maximum Gasteiger partial charge on any atom is 0.293 e. The molecule has 0 aliphatic carbocycles. The summed E-state index contributed by atoms with van der Waals surface area (Å²) in [5.74, 6) is 0.577. The lowest BCUT2D eigenvalue weighted by Crippen LogP contribution is -2.27. The van der Waals surface area contributed by atoms with Crippen molar-refractivity contribution in [3.63, 3.8) is 0 Å². The molecule has 19 heavy (non-hydrogen) atoms. The van der Waals surface area contributed by atoms with Crippen molar-refractivity contribution in [2.75, 3.05) is 13.2 Å². The quantitative estimate of drug-likeness (QED) is 0.793.